The Labute approximate surface area is 119 Å². The number of carbonyl (C=O) groups is 1. The van der Waals surface area contributed by atoms with Crippen LogP contribution in [0.3, 0.4) is 0 Å². The Morgan fingerprint density at radius 1 is 1.21 bits per heavy atom. The summed E-state index contributed by atoms with van der Waals surface area (Å²) < 4.78 is 0. The zero-order valence-electron chi connectivity index (χ0n) is 12.8. The Balaban J connectivity index is 2.10. The summed E-state index contributed by atoms with van der Waals surface area (Å²) in [6, 6.07) is 0. The Morgan fingerprint density at radius 3 is 2.47 bits per heavy atom. The van der Waals surface area contributed by atoms with Crippen LogP contribution in [0.1, 0.15) is 78.1 Å². The summed E-state index contributed by atoms with van der Waals surface area (Å²) >= 11 is 0. The van der Waals surface area contributed by atoms with Gasteiger partial charge in [0.2, 0.25) is 0 Å². The molecule has 108 valence electrons. The Morgan fingerprint density at radius 2 is 1.84 bits per heavy atom. The lowest BCUT2D eigenvalue weighted by Gasteiger charge is -2.21. The number of hydrogen-bond acceptors (Lipinski definition) is 1. The third-order valence-corrected chi connectivity index (χ3v) is 4.26. The van der Waals surface area contributed by atoms with Gasteiger partial charge in [0.1, 0.15) is 0 Å². The molecule has 0 amide bonds. The highest BCUT2D eigenvalue weighted by molar-refractivity contribution is 5.95. The van der Waals surface area contributed by atoms with E-state index in [1.807, 2.05) is 6.92 Å². The molecule has 0 aromatic carbocycles. The van der Waals surface area contributed by atoms with E-state index in [9.17, 15) is 4.79 Å². The van der Waals surface area contributed by atoms with Gasteiger partial charge in [-0.3, -0.25) is 4.79 Å². The highest BCUT2D eigenvalue weighted by Gasteiger charge is 2.20. The van der Waals surface area contributed by atoms with Gasteiger partial charge in [-0.25, -0.2) is 0 Å². The van der Waals surface area contributed by atoms with E-state index < -0.39 is 0 Å². The summed E-state index contributed by atoms with van der Waals surface area (Å²) in [4.78, 5) is 11.7. The normalized spacial score (nSPS) is 19.4. The largest absolute Gasteiger partial charge is 0.295 e. The standard InChI is InChI=1S/C18H30O/c1-4-5-6-7-8-9-10-11-15(2)17-13-12-16(3)18(19)14-17/h12,17H,2,4-11,13-14H2,1,3H3. The van der Waals surface area contributed by atoms with Crippen molar-refractivity contribution in [3.8, 4) is 0 Å². The molecule has 0 bridgehead atoms. The molecular weight excluding hydrogens is 232 g/mol. The van der Waals surface area contributed by atoms with Gasteiger partial charge in [0.15, 0.2) is 5.78 Å². The smallest absolute Gasteiger partial charge is 0.158 e. The average Bonchev–Trinajstić information content (AvgIpc) is 2.40. The first-order chi connectivity index (χ1) is 9.15. The minimum Gasteiger partial charge on any atom is -0.295 e. The fraction of sp³-hybridized carbons (Fsp3) is 0.722. The Hall–Kier alpha value is -0.850. The van der Waals surface area contributed by atoms with Gasteiger partial charge in [-0.15, -0.1) is 0 Å². The molecule has 1 unspecified atom stereocenters. The van der Waals surface area contributed by atoms with Crippen molar-refractivity contribution in [1.82, 2.24) is 0 Å². The van der Waals surface area contributed by atoms with Crippen LogP contribution < -0.4 is 0 Å². The van der Waals surface area contributed by atoms with E-state index in [-0.39, 0.29) is 0 Å². The maximum atomic E-state index is 11.7. The van der Waals surface area contributed by atoms with Gasteiger partial charge in [0, 0.05) is 6.42 Å². The molecule has 0 spiro atoms. The molecule has 1 nitrogen and oxygen atoms in total. The fourth-order valence-electron chi connectivity index (χ4n) is 2.73. The Kier molecular flexibility index (Phi) is 7.78. The van der Waals surface area contributed by atoms with Crippen LogP contribution in [0.4, 0.5) is 0 Å². The Bertz CT molecular complexity index is 325. The molecule has 0 aromatic rings. The summed E-state index contributed by atoms with van der Waals surface area (Å²) in [5, 5.41) is 0. The lowest BCUT2D eigenvalue weighted by atomic mass is 9.83. The topological polar surface area (TPSA) is 17.1 Å². The monoisotopic (exact) mass is 262 g/mol. The number of ketones is 1. The predicted octanol–water partition coefficient (Wildman–Crippen LogP) is 5.61. The summed E-state index contributed by atoms with van der Waals surface area (Å²) in [5.41, 5.74) is 2.24. The van der Waals surface area contributed by atoms with Crippen molar-refractivity contribution in [1.29, 1.82) is 0 Å². The van der Waals surface area contributed by atoms with Crippen molar-refractivity contribution >= 4 is 5.78 Å². The zero-order valence-corrected chi connectivity index (χ0v) is 12.8. The fourth-order valence-corrected chi connectivity index (χ4v) is 2.73. The SMILES string of the molecule is C=C(CCCCCCCCC)C1CC=C(C)C(=O)C1. The maximum Gasteiger partial charge on any atom is 0.158 e. The zero-order chi connectivity index (χ0) is 14.1. The van der Waals surface area contributed by atoms with Gasteiger partial charge in [0.05, 0.1) is 0 Å². The molecule has 1 heteroatoms. The summed E-state index contributed by atoms with van der Waals surface area (Å²) in [7, 11) is 0. The lowest BCUT2D eigenvalue weighted by molar-refractivity contribution is -0.116. The van der Waals surface area contributed by atoms with E-state index in [4.69, 9.17) is 0 Å². The van der Waals surface area contributed by atoms with E-state index in [1.54, 1.807) is 0 Å². The van der Waals surface area contributed by atoms with E-state index >= 15 is 0 Å². The number of Topliss-reactive ketones (excluding diaryl/α,β-unsaturated/α-hetero) is 1. The molecule has 1 aliphatic carbocycles. The molecule has 0 N–H and O–H groups in total. The highest BCUT2D eigenvalue weighted by Crippen LogP contribution is 2.29. The molecule has 0 saturated heterocycles. The van der Waals surface area contributed by atoms with E-state index in [1.165, 1.54) is 50.5 Å². The molecule has 1 atom stereocenters. The molecule has 1 aliphatic rings. The second kappa shape index (κ2) is 9.12. The third-order valence-electron chi connectivity index (χ3n) is 4.26. The first-order valence-electron chi connectivity index (χ1n) is 8.02. The van der Waals surface area contributed by atoms with Crippen LogP contribution >= 0.6 is 0 Å². The van der Waals surface area contributed by atoms with Gasteiger partial charge in [-0.2, -0.15) is 0 Å². The van der Waals surface area contributed by atoms with Gasteiger partial charge < -0.3 is 0 Å². The molecule has 0 aliphatic heterocycles. The summed E-state index contributed by atoms with van der Waals surface area (Å²) in [6.07, 6.45) is 14.3. The van der Waals surface area contributed by atoms with Crippen molar-refractivity contribution in [3.05, 3.63) is 23.8 Å². The average molecular weight is 262 g/mol. The quantitative estimate of drug-likeness (QED) is 0.390. The van der Waals surface area contributed by atoms with Crippen molar-refractivity contribution < 1.29 is 4.79 Å². The van der Waals surface area contributed by atoms with Crippen LogP contribution in [-0.2, 0) is 4.79 Å². The molecule has 0 aromatic heterocycles. The van der Waals surface area contributed by atoms with Gasteiger partial charge >= 0.3 is 0 Å². The summed E-state index contributed by atoms with van der Waals surface area (Å²) in [6.45, 7) is 8.39. The number of carbonyl (C=O) groups excluding carboxylic acids is 1. The molecule has 0 saturated carbocycles. The van der Waals surface area contributed by atoms with Crippen molar-refractivity contribution in [2.24, 2.45) is 5.92 Å². The van der Waals surface area contributed by atoms with Gasteiger partial charge in [0.25, 0.3) is 0 Å². The van der Waals surface area contributed by atoms with Crippen LogP contribution in [0, 0.1) is 5.92 Å². The minimum atomic E-state index is 0.317. The minimum absolute atomic E-state index is 0.317. The van der Waals surface area contributed by atoms with Crippen molar-refractivity contribution in [2.75, 3.05) is 0 Å². The van der Waals surface area contributed by atoms with Crippen LogP contribution in [0.5, 0.6) is 0 Å². The molecule has 0 fully saturated rings. The second-order valence-electron chi connectivity index (χ2n) is 5.98. The van der Waals surface area contributed by atoms with Crippen LogP contribution in [0.15, 0.2) is 23.8 Å². The predicted molar refractivity (Wildman–Crippen MR) is 83.2 cm³/mol. The molecule has 1 rings (SSSR count). The number of allylic oxidation sites excluding steroid dienone is 3. The number of rotatable bonds is 9. The van der Waals surface area contributed by atoms with Gasteiger partial charge in [-0.1, -0.05) is 63.7 Å². The van der Waals surface area contributed by atoms with Crippen LogP contribution in [0.25, 0.3) is 0 Å². The highest BCUT2D eigenvalue weighted by atomic mass is 16.1. The lowest BCUT2D eigenvalue weighted by Crippen LogP contribution is -2.15. The molecule has 0 radical (unpaired) electrons. The van der Waals surface area contributed by atoms with Crippen LogP contribution in [0.2, 0.25) is 0 Å². The van der Waals surface area contributed by atoms with E-state index in [0.29, 0.717) is 18.1 Å². The first-order valence-corrected chi connectivity index (χ1v) is 8.02. The van der Waals surface area contributed by atoms with Crippen molar-refractivity contribution in [2.45, 2.75) is 78.1 Å². The van der Waals surface area contributed by atoms with Gasteiger partial charge in [-0.05, 0) is 37.7 Å². The van der Waals surface area contributed by atoms with Crippen LogP contribution in [-0.4, -0.2) is 5.78 Å². The second-order valence-corrected chi connectivity index (χ2v) is 5.98. The molecule has 0 heterocycles. The molecular formula is C18H30O. The van der Waals surface area contributed by atoms with Crippen molar-refractivity contribution in [3.63, 3.8) is 0 Å². The third kappa shape index (κ3) is 6.22. The molecule has 19 heavy (non-hydrogen) atoms. The first kappa shape index (κ1) is 16.2. The maximum absolute atomic E-state index is 11.7. The summed E-state index contributed by atoms with van der Waals surface area (Å²) in [5.74, 6) is 0.730. The number of unbranched alkanes of at least 4 members (excludes halogenated alkanes) is 6. The number of hydrogen-bond donors (Lipinski definition) is 0. The van der Waals surface area contributed by atoms with E-state index in [0.717, 1.165) is 18.4 Å². The van der Waals surface area contributed by atoms with E-state index in [2.05, 4.69) is 19.6 Å².